The number of alkyl halides is 3. The molecule has 4 nitrogen and oxygen atoms in total. The lowest BCUT2D eigenvalue weighted by Crippen LogP contribution is -2.31. The largest absolute Gasteiger partial charge is 0.416 e. The lowest BCUT2D eigenvalue weighted by atomic mass is 10.1. The fourth-order valence-corrected chi connectivity index (χ4v) is 5.00. The highest BCUT2D eigenvalue weighted by atomic mass is 32.2. The van der Waals surface area contributed by atoms with Crippen molar-refractivity contribution < 1.29 is 13.2 Å². The molecule has 0 bridgehead atoms. The number of rotatable bonds is 4. The SMILES string of the molecule is NCCN1CCCC(Nc2cc(C(F)(F)F)cc3c2Nc2ccccc2S3)CC1. The summed E-state index contributed by atoms with van der Waals surface area (Å²) in [5.41, 5.74) is 7.22. The van der Waals surface area contributed by atoms with Crippen LogP contribution in [0.3, 0.4) is 0 Å². The zero-order chi connectivity index (χ0) is 20.4. The van der Waals surface area contributed by atoms with Crippen molar-refractivity contribution in [3.8, 4) is 0 Å². The molecule has 1 unspecified atom stereocenters. The molecule has 2 heterocycles. The summed E-state index contributed by atoms with van der Waals surface area (Å²) in [6.45, 7) is 3.37. The van der Waals surface area contributed by atoms with Gasteiger partial charge in [0, 0.05) is 35.5 Å². The Morgan fingerprint density at radius 3 is 2.76 bits per heavy atom. The van der Waals surface area contributed by atoms with Crippen molar-refractivity contribution in [3.63, 3.8) is 0 Å². The molecule has 8 heteroatoms. The van der Waals surface area contributed by atoms with Crippen LogP contribution in [0.25, 0.3) is 0 Å². The Bertz CT molecular complexity index is 871. The fourth-order valence-electron chi connectivity index (χ4n) is 3.94. The van der Waals surface area contributed by atoms with Gasteiger partial charge in [0.05, 0.1) is 22.6 Å². The molecule has 0 amide bonds. The molecule has 156 valence electrons. The van der Waals surface area contributed by atoms with E-state index in [2.05, 4.69) is 15.5 Å². The van der Waals surface area contributed by atoms with E-state index in [1.807, 2.05) is 24.3 Å². The standard InChI is InChI=1S/C21H25F3N4S/c22-21(23,24)14-12-17(26-15-4-3-9-28(10-7-15)11-8-25)20-19(13-14)29-18-6-2-1-5-16(18)27-20/h1-2,5-6,12-13,15,26-27H,3-4,7-11,25H2. The van der Waals surface area contributed by atoms with Crippen LogP contribution < -0.4 is 16.4 Å². The molecule has 4 N–H and O–H groups in total. The molecule has 2 aliphatic rings. The summed E-state index contributed by atoms with van der Waals surface area (Å²) in [4.78, 5) is 3.85. The number of halogens is 3. The number of fused-ring (bicyclic) bond motifs is 2. The average Bonchev–Trinajstić information content (AvgIpc) is 2.91. The Morgan fingerprint density at radius 1 is 1.14 bits per heavy atom. The van der Waals surface area contributed by atoms with E-state index in [1.165, 1.54) is 23.9 Å². The van der Waals surface area contributed by atoms with Crippen LogP contribution >= 0.6 is 11.8 Å². The molecule has 0 aliphatic carbocycles. The van der Waals surface area contributed by atoms with Gasteiger partial charge in [-0.25, -0.2) is 0 Å². The number of benzene rings is 2. The molecule has 29 heavy (non-hydrogen) atoms. The second kappa shape index (κ2) is 8.45. The molecule has 4 rings (SSSR count). The zero-order valence-electron chi connectivity index (χ0n) is 16.1. The molecule has 0 aromatic heterocycles. The lowest BCUT2D eigenvalue weighted by molar-refractivity contribution is -0.137. The normalized spacial score (nSPS) is 19.7. The van der Waals surface area contributed by atoms with E-state index >= 15 is 0 Å². The summed E-state index contributed by atoms with van der Waals surface area (Å²) < 4.78 is 40.6. The Balaban J connectivity index is 1.62. The maximum absolute atomic E-state index is 13.5. The van der Waals surface area contributed by atoms with Crippen LogP contribution in [0.5, 0.6) is 0 Å². The van der Waals surface area contributed by atoms with Crippen LogP contribution in [-0.4, -0.2) is 37.1 Å². The van der Waals surface area contributed by atoms with Crippen LogP contribution in [0.1, 0.15) is 24.8 Å². The van der Waals surface area contributed by atoms with Crippen molar-refractivity contribution in [1.82, 2.24) is 4.90 Å². The van der Waals surface area contributed by atoms with Crippen LogP contribution in [0.4, 0.5) is 30.2 Å². The minimum absolute atomic E-state index is 0.134. The number of nitrogens with zero attached hydrogens (tertiary/aromatic N) is 1. The van der Waals surface area contributed by atoms with E-state index in [9.17, 15) is 13.2 Å². The predicted octanol–water partition coefficient (Wildman–Crippen LogP) is 5.14. The van der Waals surface area contributed by atoms with Crippen LogP contribution in [0.2, 0.25) is 0 Å². The van der Waals surface area contributed by atoms with Crippen LogP contribution in [-0.2, 0) is 6.18 Å². The van der Waals surface area contributed by atoms with Gasteiger partial charge in [-0.3, -0.25) is 0 Å². The highest BCUT2D eigenvalue weighted by molar-refractivity contribution is 7.99. The lowest BCUT2D eigenvalue weighted by Gasteiger charge is -2.27. The van der Waals surface area contributed by atoms with Gasteiger partial charge in [-0.1, -0.05) is 23.9 Å². The number of hydrogen-bond donors (Lipinski definition) is 3. The van der Waals surface area contributed by atoms with Gasteiger partial charge in [0.2, 0.25) is 0 Å². The Hall–Kier alpha value is -1.90. The number of hydrogen-bond acceptors (Lipinski definition) is 5. The first-order valence-corrected chi connectivity index (χ1v) is 10.7. The number of nitrogens with two attached hydrogens (primary N) is 1. The summed E-state index contributed by atoms with van der Waals surface area (Å²) >= 11 is 1.38. The minimum Gasteiger partial charge on any atom is -0.381 e. The second-order valence-electron chi connectivity index (χ2n) is 7.52. The third-order valence-corrected chi connectivity index (χ3v) is 6.54. The van der Waals surface area contributed by atoms with Crippen molar-refractivity contribution in [1.29, 1.82) is 0 Å². The van der Waals surface area contributed by atoms with Gasteiger partial charge >= 0.3 is 6.18 Å². The summed E-state index contributed by atoms with van der Waals surface area (Å²) in [5, 5.41) is 6.77. The van der Waals surface area contributed by atoms with Gasteiger partial charge in [-0.2, -0.15) is 13.2 Å². The minimum atomic E-state index is -4.38. The predicted molar refractivity (Wildman–Crippen MR) is 112 cm³/mol. The summed E-state index contributed by atoms with van der Waals surface area (Å²) in [7, 11) is 0. The first kappa shape index (κ1) is 20.4. The maximum Gasteiger partial charge on any atom is 0.416 e. The monoisotopic (exact) mass is 422 g/mol. The number of para-hydroxylation sites is 1. The molecule has 1 fully saturated rings. The summed E-state index contributed by atoms with van der Waals surface area (Å²) in [6.07, 6.45) is -1.57. The average molecular weight is 423 g/mol. The van der Waals surface area contributed by atoms with Crippen molar-refractivity contribution in [3.05, 3.63) is 42.0 Å². The van der Waals surface area contributed by atoms with Gasteiger partial charge in [0.25, 0.3) is 0 Å². The summed E-state index contributed by atoms with van der Waals surface area (Å²) in [6, 6.07) is 10.3. The first-order chi connectivity index (χ1) is 13.9. The third-order valence-electron chi connectivity index (χ3n) is 5.42. The van der Waals surface area contributed by atoms with Crippen molar-refractivity contribution in [2.45, 2.75) is 41.3 Å². The maximum atomic E-state index is 13.5. The number of likely N-dealkylation sites (tertiary alicyclic amines) is 1. The molecule has 0 radical (unpaired) electrons. The molecule has 2 aromatic rings. The van der Waals surface area contributed by atoms with Gasteiger partial charge in [-0.05, 0) is 50.1 Å². The van der Waals surface area contributed by atoms with Gasteiger partial charge < -0.3 is 21.3 Å². The fraction of sp³-hybridized carbons (Fsp3) is 0.429. The van der Waals surface area contributed by atoms with Gasteiger partial charge in [0.15, 0.2) is 0 Å². The third kappa shape index (κ3) is 4.65. The topological polar surface area (TPSA) is 53.3 Å². The number of anilines is 3. The highest BCUT2D eigenvalue weighted by Crippen LogP contribution is 2.49. The van der Waals surface area contributed by atoms with Crippen molar-refractivity contribution in [2.24, 2.45) is 5.73 Å². The van der Waals surface area contributed by atoms with Crippen LogP contribution in [0.15, 0.2) is 46.2 Å². The second-order valence-corrected chi connectivity index (χ2v) is 8.60. The Labute approximate surface area is 173 Å². The van der Waals surface area contributed by atoms with Crippen molar-refractivity contribution >= 4 is 28.8 Å². The molecule has 1 atom stereocenters. The van der Waals surface area contributed by atoms with E-state index in [1.54, 1.807) is 0 Å². The molecular weight excluding hydrogens is 397 g/mol. The molecular formula is C21H25F3N4S. The van der Waals surface area contributed by atoms with Crippen molar-refractivity contribution in [2.75, 3.05) is 36.8 Å². The highest BCUT2D eigenvalue weighted by Gasteiger charge is 2.34. The molecule has 0 saturated carbocycles. The molecule has 0 spiro atoms. The van der Waals surface area contributed by atoms with Crippen LogP contribution in [0, 0.1) is 0 Å². The van der Waals surface area contributed by atoms with E-state index < -0.39 is 11.7 Å². The van der Waals surface area contributed by atoms with E-state index in [0.717, 1.165) is 55.2 Å². The van der Waals surface area contributed by atoms with E-state index in [0.29, 0.717) is 17.1 Å². The van der Waals surface area contributed by atoms with E-state index in [4.69, 9.17) is 5.73 Å². The molecule has 2 aromatic carbocycles. The number of nitrogens with one attached hydrogen (secondary N) is 2. The van der Waals surface area contributed by atoms with Gasteiger partial charge in [-0.15, -0.1) is 0 Å². The zero-order valence-corrected chi connectivity index (χ0v) is 16.9. The Morgan fingerprint density at radius 2 is 1.97 bits per heavy atom. The Kier molecular flexibility index (Phi) is 5.94. The summed E-state index contributed by atoms with van der Waals surface area (Å²) in [5.74, 6) is 0. The van der Waals surface area contributed by atoms with Gasteiger partial charge in [0.1, 0.15) is 0 Å². The van der Waals surface area contributed by atoms with E-state index in [-0.39, 0.29) is 6.04 Å². The first-order valence-electron chi connectivity index (χ1n) is 9.92. The molecule has 1 saturated heterocycles. The smallest absolute Gasteiger partial charge is 0.381 e. The molecule has 2 aliphatic heterocycles. The quantitative estimate of drug-likeness (QED) is 0.544.